The first kappa shape index (κ1) is 21.6. The van der Waals surface area contributed by atoms with Crippen molar-refractivity contribution in [1.82, 2.24) is 14.8 Å². The number of H-pyrrole nitrogens is 1. The van der Waals surface area contributed by atoms with E-state index in [0.29, 0.717) is 47.9 Å². The highest BCUT2D eigenvalue weighted by Gasteiger charge is 2.47. The largest absolute Gasteiger partial charge is 0.445 e. The van der Waals surface area contributed by atoms with E-state index in [2.05, 4.69) is 4.98 Å². The van der Waals surface area contributed by atoms with E-state index in [-0.39, 0.29) is 24.0 Å². The molecule has 1 aromatic heterocycles. The van der Waals surface area contributed by atoms with E-state index in [4.69, 9.17) is 20.8 Å². The molecule has 2 aromatic carbocycles. The second-order valence-corrected chi connectivity index (χ2v) is 9.50. The summed E-state index contributed by atoms with van der Waals surface area (Å²) >= 11 is 6.07. The van der Waals surface area contributed by atoms with Crippen molar-refractivity contribution in [2.75, 3.05) is 26.2 Å². The van der Waals surface area contributed by atoms with Gasteiger partial charge in [-0.3, -0.25) is 9.78 Å². The number of ether oxygens (including phenoxy) is 1. The summed E-state index contributed by atoms with van der Waals surface area (Å²) < 4.78 is 10.5. The van der Waals surface area contributed by atoms with E-state index in [1.807, 2.05) is 19.1 Å². The van der Waals surface area contributed by atoms with Crippen LogP contribution in [0, 0.1) is 12.3 Å². The molecule has 5 rings (SSSR count). The van der Waals surface area contributed by atoms with Gasteiger partial charge in [-0.15, -0.1) is 0 Å². The first-order valence-corrected chi connectivity index (χ1v) is 11.3. The van der Waals surface area contributed by atoms with Gasteiger partial charge in [0.2, 0.25) is 0 Å². The number of nitrogens with one attached hydrogen (secondary N) is 1. The summed E-state index contributed by atoms with van der Waals surface area (Å²) in [5.74, 6) is -0.615. The zero-order valence-electron chi connectivity index (χ0n) is 18.2. The average Bonchev–Trinajstić information content (AvgIpc) is 3.14. The fourth-order valence-corrected chi connectivity index (χ4v) is 5.09. The van der Waals surface area contributed by atoms with Gasteiger partial charge in [-0.1, -0.05) is 17.7 Å². The molecule has 2 aliphatic heterocycles. The number of aromatic amines is 1. The van der Waals surface area contributed by atoms with Crippen LogP contribution in [0.1, 0.15) is 34.3 Å². The Morgan fingerprint density at radius 2 is 1.88 bits per heavy atom. The van der Waals surface area contributed by atoms with E-state index < -0.39 is 5.76 Å². The third-order valence-corrected chi connectivity index (χ3v) is 6.77. The molecule has 8 nitrogen and oxygen atoms in total. The molecule has 2 aliphatic rings. The third kappa shape index (κ3) is 4.35. The molecule has 9 heteroatoms. The summed E-state index contributed by atoms with van der Waals surface area (Å²) in [5, 5.41) is 0.627. The van der Waals surface area contributed by atoms with Crippen molar-refractivity contribution in [3.05, 3.63) is 68.7 Å². The number of amides is 2. The van der Waals surface area contributed by atoms with Crippen molar-refractivity contribution < 1.29 is 18.7 Å². The van der Waals surface area contributed by atoms with Crippen molar-refractivity contribution >= 4 is 34.7 Å². The smallest absolute Gasteiger partial charge is 0.417 e. The number of piperidine rings is 1. The Kier molecular flexibility index (Phi) is 5.40. The van der Waals surface area contributed by atoms with Crippen molar-refractivity contribution in [1.29, 1.82) is 0 Å². The molecule has 0 bridgehead atoms. The van der Waals surface area contributed by atoms with Crippen molar-refractivity contribution in [3.8, 4) is 0 Å². The van der Waals surface area contributed by atoms with Crippen LogP contribution in [-0.2, 0) is 11.3 Å². The number of halogens is 1. The van der Waals surface area contributed by atoms with Crippen LogP contribution in [0.3, 0.4) is 0 Å². The highest BCUT2D eigenvalue weighted by atomic mass is 35.5. The lowest BCUT2D eigenvalue weighted by atomic mass is 9.72. The average molecular weight is 470 g/mol. The molecule has 0 atom stereocenters. The molecular weight excluding hydrogens is 446 g/mol. The number of carbonyl (C=O) groups excluding carboxylic acids is 2. The molecule has 0 aliphatic carbocycles. The SMILES string of the molecule is Cc1cc(Cl)cc(COC(=O)N2CCC3(CC2)CN(C(=O)c2ccc4[nH]c(=O)oc4c2)C3)c1. The minimum Gasteiger partial charge on any atom is -0.445 e. The van der Waals surface area contributed by atoms with Gasteiger partial charge in [0.1, 0.15) is 6.61 Å². The van der Waals surface area contributed by atoms with Gasteiger partial charge in [0, 0.05) is 42.2 Å². The summed E-state index contributed by atoms with van der Waals surface area (Å²) in [5.41, 5.74) is 3.38. The third-order valence-electron chi connectivity index (χ3n) is 6.55. The number of benzene rings is 2. The highest BCUT2D eigenvalue weighted by Crippen LogP contribution is 2.41. The van der Waals surface area contributed by atoms with Crippen LogP contribution in [0.2, 0.25) is 5.02 Å². The number of fused-ring (bicyclic) bond motifs is 1. The Balaban J connectivity index is 1.12. The highest BCUT2D eigenvalue weighted by molar-refractivity contribution is 6.30. The zero-order valence-corrected chi connectivity index (χ0v) is 19.0. The molecule has 1 N–H and O–H groups in total. The van der Waals surface area contributed by atoms with Gasteiger partial charge in [0.25, 0.3) is 5.91 Å². The van der Waals surface area contributed by atoms with Gasteiger partial charge in [0.15, 0.2) is 5.58 Å². The Bertz CT molecular complexity index is 1260. The van der Waals surface area contributed by atoms with Crippen LogP contribution in [0.4, 0.5) is 4.79 Å². The minimum atomic E-state index is -0.537. The maximum Gasteiger partial charge on any atom is 0.417 e. The lowest BCUT2D eigenvalue weighted by Crippen LogP contribution is -2.62. The van der Waals surface area contributed by atoms with Gasteiger partial charge < -0.3 is 19.0 Å². The molecule has 0 unspecified atom stereocenters. The van der Waals surface area contributed by atoms with Crippen molar-refractivity contribution in [2.24, 2.45) is 5.41 Å². The monoisotopic (exact) mass is 469 g/mol. The van der Waals surface area contributed by atoms with Gasteiger partial charge in [-0.25, -0.2) is 9.59 Å². The molecule has 2 saturated heterocycles. The van der Waals surface area contributed by atoms with Gasteiger partial charge in [-0.05, 0) is 61.2 Å². The molecule has 1 spiro atoms. The van der Waals surface area contributed by atoms with Crippen molar-refractivity contribution in [2.45, 2.75) is 26.4 Å². The van der Waals surface area contributed by atoms with E-state index >= 15 is 0 Å². The number of likely N-dealkylation sites (tertiary alicyclic amines) is 2. The number of rotatable bonds is 3. The number of aryl methyl sites for hydroxylation is 1. The molecule has 172 valence electrons. The fraction of sp³-hybridized carbons (Fsp3) is 0.375. The molecule has 0 radical (unpaired) electrons. The lowest BCUT2D eigenvalue weighted by molar-refractivity contribution is -0.0319. The maximum absolute atomic E-state index is 12.8. The van der Waals surface area contributed by atoms with Crippen LogP contribution < -0.4 is 5.76 Å². The molecule has 33 heavy (non-hydrogen) atoms. The predicted molar refractivity (Wildman–Crippen MR) is 122 cm³/mol. The van der Waals surface area contributed by atoms with E-state index in [0.717, 1.165) is 24.0 Å². The Hall–Kier alpha value is -3.26. The second kappa shape index (κ2) is 8.26. The van der Waals surface area contributed by atoms with E-state index in [1.165, 1.54) is 0 Å². The molecule has 2 fully saturated rings. The first-order valence-electron chi connectivity index (χ1n) is 10.9. The predicted octanol–water partition coefficient (Wildman–Crippen LogP) is 3.96. The lowest BCUT2D eigenvalue weighted by Gasteiger charge is -2.53. The van der Waals surface area contributed by atoms with Crippen LogP contribution in [-0.4, -0.2) is 53.0 Å². The number of hydrogen-bond acceptors (Lipinski definition) is 5. The Labute approximate surface area is 195 Å². The van der Waals surface area contributed by atoms with E-state index in [9.17, 15) is 14.4 Å². The topological polar surface area (TPSA) is 95.9 Å². The normalized spacial score (nSPS) is 17.3. The van der Waals surface area contributed by atoms with Crippen LogP contribution in [0.25, 0.3) is 11.1 Å². The molecule has 3 aromatic rings. The number of oxazole rings is 1. The Morgan fingerprint density at radius 3 is 2.61 bits per heavy atom. The number of nitrogens with zero attached hydrogens (tertiary/aromatic N) is 2. The Morgan fingerprint density at radius 1 is 1.12 bits per heavy atom. The first-order chi connectivity index (χ1) is 15.8. The maximum atomic E-state index is 12.8. The van der Waals surface area contributed by atoms with E-state index in [1.54, 1.807) is 34.1 Å². The minimum absolute atomic E-state index is 0.0429. The zero-order chi connectivity index (χ0) is 23.2. The number of hydrogen-bond donors (Lipinski definition) is 1. The van der Waals surface area contributed by atoms with Crippen molar-refractivity contribution in [3.63, 3.8) is 0 Å². The standard InChI is InChI=1S/C24H24ClN3O5/c1-15-8-16(10-18(25)9-15)12-32-23(31)27-6-4-24(5-7-27)13-28(14-24)21(29)17-2-3-19-20(11-17)33-22(30)26-19/h2-3,8-11H,4-7,12-14H2,1H3,(H,26,30). The quantitative estimate of drug-likeness (QED) is 0.626. The fourth-order valence-electron chi connectivity index (χ4n) is 4.78. The number of carbonyl (C=O) groups is 2. The molecule has 0 saturated carbocycles. The van der Waals surface area contributed by atoms with Crippen LogP contribution >= 0.6 is 11.6 Å². The van der Waals surface area contributed by atoms with Gasteiger partial charge in [-0.2, -0.15) is 0 Å². The number of aromatic nitrogens is 1. The summed E-state index contributed by atoms with van der Waals surface area (Å²) in [6, 6.07) is 10.6. The summed E-state index contributed by atoms with van der Waals surface area (Å²) in [6.45, 7) is 4.67. The summed E-state index contributed by atoms with van der Waals surface area (Å²) in [4.78, 5) is 42.8. The van der Waals surface area contributed by atoms with Gasteiger partial charge in [0.05, 0.1) is 5.52 Å². The van der Waals surface area contributed by atoms with Gasteiger partial charge >= 0.3 is 11.8 Å². The molecule has 3 heterocycles. The van der Waals surface area contributed by atoms with Crippen LogP contribution in [0.5, 0.6) is 0 Å². The van der Waals surface area contributed by atoms with Crippen LogP contribution in [0.15, 0.2) is 45.6 Å². The second-order valence-electron chi connectivity index (χ2n) is 9.07. The summed E-state index contributed by atoms with van der Waals surface area (Å²) in [6.07, 6.45) is 1.33. The molecular formula is C24H24ClN3O5. The molecule has 2 amide bonds. The summed E-state index contributed by atoms with van der Waals surface area (Å²) in [7, 11) is 0.